The molecule has 0 heterocycles. The van der Waals surface area contributed by atoms with Crippen molar-refractivity contribution in [1.29, 1.82) is 0 Å². The van der Waals surface area contributed by atoms with Crippen molar-refractivity contribution in [2.45, 2.75) is 25.8 Å². The van der Waals surface area contributed by atoms with Gasteiger partial charge >= 0.3 is 0 Å². The quantitative estimate of drug-likeness (QED) is 0.839. The van der Waals surface area contributed by atoms with Crippen molar-refractivity contribution in [2.75, 3.05) is 0 Å². The molecule has 0 aromatic heterocycles. The van der Waals surface area contributed by atoms with E-state index in [1.54, 1.807) is 0 Å². The number of hydrogen-bond donors (Lipinski definition) is 1. The van der Waals surface area contributed by atoms with Gasteiger partial charge in [0.15, 0.2) is 0 Å². The van der Waals surface area contributed by atoms with E-state index in [1.165, 1.54) is 0 Å². The average molecular weight is 224 g/mol. The molecule has 1 N–H and O–H groups in total. The molecule has 1 aromatic rings. The number of halogens is 1. The summed E-state index contributed by atoms with van der Waals surface area (Å²) in [4.78, 5) is 11.5. The molecule has 1 aliphatic carbocycles. The van der Waals surface area contributed by atoms with Gasteiger partial charge in [-0.2, -0.15) is 0 Å². The predicted octanol–water partition coefficient (Wildman–Crippen LogP) is 2.93. The van der Waals surface area contributed by atoms with Crippen LogP contribution in [0.1, 0.15) is 31.4 Å². The number of nitrogens with one attached hydrogen (secondary N) is 1. The van der Waals surface area contributed by atoms with Crippen LogP contribution in [-0.2, 0) is 4.79 Å². The van der Waals surface area contributed by atoms with Gasteiger partial charge in [-0.05, 0) is 37.5 Å². The Balaban J connectivity index is 2.00. The molecule has 1 amide bonds. The third-order valence-electron chi connectivity index (χ3n) is 2.66. The van der Waals surface area contributed by atoms with Crippen LogP contribution in [-0.4, -0.2) is 5.91 Å². The fraction of sp³-hybridized carbons (Fsp3) is 0.417. The molecule has 1 saturated carbocycles. The standard InChI is InChI=1S/C12H14ClNO/c1-8(14-12(15)9-5-6-9)10-3-2-4-11(13)7-10/h2-4,7-9H,5-6H2,1H3,(H,14,15)/t8-/m0/s1. The Morgan fingerprint density at radius 1 is 1.53 bits per heavy atom. The van der Waals surface area contributed by atoms with E-state index in [2.05, 4.69) is 5.32 Å². The maximum absolute atomic E-state index is 11.5. The predicted molar refractivity (Wildman–Crippen MR) is 60.7 cm³/mol. The van der Waals surface area contributed by atoms with Crippen molar-refractivity contribution < 1.29 is 4.79 Å². The van der Waals surface area contributed by atoms with Crippen LogP contribution < -0.4 is 5.32 Å². The molecule has 0 aliphatic heterocycles. The number of carbonyl (C=O) groups is 1. The zero-order chi connectivity index (χ0) is 10.8. The van der Waals surface area contributed by atoms with E-state index in [1.807, 2.05) is 31.2 Å². The highest BCUT2D eigenvalue weighted by Crippen LogP contribution is 2.29. The summed E-state index contributed by atoms with van der Waals surface area (Å²) in [6, 6.07) is 7.64. The van der Waals surface area contributed by atoms with Gasteiger partial charge < -0.3 is 5.32 Å². The fourth-order valence-electron chi connectivity index (χ4n) is 1.54. The van der Waals surface area contributed by atoms with Crippen LogP contribution in [0, 0.1) is 5.92 Å². The lowest BCUT2D eigenvalue weighted by Gasteiger charge is -2.14. The van der Waals surface area contributed by atoms with Gasteiger partial charge in [0.1, 0.15) is 0 Å². The zero-order valence-corrected chi connectivity index (χ0v) is 9.42. The molecule has 0 bridgehead atoms. The van der Waals surface area contributed by atoms with Crippen LogP contribution in [0.5, 0.6) is 0 Å². The first-order valence-electron chi connectivity index (χ1n) is 5.22. The van der Waals surface area contributed by atoms with Crippen molar-refractivity contribution in [3.8, 4) is 0 Å². The van der Waals surface area contributed by atoms with E-state index < -0.39 is 0 Å². The summed E-state index contributed by atoms with van der Waals surface area (Å²) in [5.41, 5.74) is 1.05. The molecule has 3 heteroatoms. The molecular weight excluding hydrogens is 210 g/mol. The highest BCUT2D eigenvalue weighted by Gasteiger charge is 2.30. The number of hydrogen-bond acceptors (Lipinski definition) is 1. The minimum absolute atomic E-state index is 0.0387. The van der Waals surface area contributed by atoms with Gasteiger partial charge in [0, 0.05) is 10.9 Å². The number of carbonyl (C=O) groups excluding carboxylic acids is 1. The molecular formula is C12H14ClNO. The summed E-state index contributed by atoms with van der Waals surface area (Å²) in [5, 5.41) is 3.70. The first kappa shape index (κ1) is 10.5. The third-order valence-corrected chi connectivity index (χ3v) is 2.89. The molecule has 80 valence electrons. The zero-order valence-electron chi connectivity index (χ0n) is 8.66. The van der Waals surface area contributed by atoms with E-state index >= 15 is 0 Å². The van der Waals surface area contributed by atoms with Gasteiger partial charge in [0.2, 0.25) is 5.91 Å². The second-order valence-corrected chi connectivity index (χ2v) is 4.50. The molecule has 15 heavy (non-hydrogen) atoms. The van der Waals surface area contributed by atoms with Crippen LogP contribution in [0.4, 0.5) is 0 Å². The van der Waals surface area contributed by atoms with Crippen LogP contribution in [0.15, 0.2) is 24.3 Å². The molecule has 0 radical (unpaired) electrons. The Morgan fingerprint density at radius 2 is 2.27 bits per heavy atom. The van der Waals surface area contributed by atoms with E-state index in [0.29, 0.717) is 5.02 Å². The molecule has 0 spiro atoms. The summed E-state index contributed by atoms with van der Waals surface area (Å²) < 4.78 is 0. The number of rotatable bonds is 3. The molecule has 1 aliphatic rings. The van der Waals surface area contributed by atoms with Crippen LogP contribution in [0.2, 0.25) is 5.02 Å². The van der Waals surface area contributed by atoms with Crippen molar-refractivity contribution >= 4 is 17.5 Å². The minimum Gasteiger partial charge on any atom is -0.349 e. The topological polar surface area (TPSA) is 29.1 Å². The Morgan fingerprint density at radius 3 is 2.87 bits per heavy atom. The molecule has 1 atom stereocenters. The summed E-state index contributed by atoms with van der Waals surface area (Å²) in [6.45, 7) is 1.98. The van der Waals surface area contributed by atoms with E-state index in [0.717, 1.165) is 18.4 Å². The second-order valence-electron chi connectivity index (χ2n) is 4.06. The lowest BCUT2D eigenvalue weighted by molar-refractivity contribution is -0.122. The molecule has 2 rings (SSSR count). The number of benzene rings is 1. The normalized spacial score (nSPS) is 17.2. The van der Waals surface area contributed by atoms with Crippen molar-refractivity contribution in [3.63, 3.8) is 0 Å². The smallest absolute Gasteiger partial charge is 0.223 e. The SMILES string of the molecule is C[C@H](NC(=O)C1CC1)c1cccc(Cl)c1. The van der Waals surface area contributed by atoms with Gasteiger partial charge in [-0.3, -0.25) is 4.79 Å². The van der Waals surface area contributed by atoms with Crippen LogP contribution in [0.3, 0.4) is 0 Å². The van der Waals surface area contributed by atoms with Gasteiger partial charge in [0.25, 0.3) is 0 Å². The summed E-state index contributed by atoms with van der Waals surface area (Å²) in [7, 11) is 0. The van der Waals surface area contributed by atoms with E-state index in [9.17, 15) is 4.79 Å². The monoisotopic (exact) mass is 223 g/mol. The highest BCUT2D eigenvalue weighted by molar-refractivity contribution is 6.30. The molecule has 1 aromatic carbocycles. The Labute approximate surface area is 94.6 Å². The summed E-state index contributed by atoms with van der Waals surface area (Å²) >= 11 is 5.89. The molecule has 0 unspecified atom stereocenters. The lowest BCUT2D eigenvalue weighted by atomic mass is 10.1. The summed E-state index contributed by atoms with van der Waals surface area (Å²) in [6.07, 6.45) is 2.07. The first-order chi connectivity index (χ1) is 7.16. The number of amides is 1. The maximum atomic E-state index is 11.5. The molecule has 0 saturated heterocycles. The van der Waals surface area contributed by atoms with E-state index in [4.69, 9.17) is 11.6 Å². The Hall–Kier alpha value is -1.02. The Kier molecular flexibility index (Phi) is 2.96. The Bertz CT molecular complexity index is 374. The van der Waals surface area contributed by atoms with Gasteiger partial charge in [-0.25, -0.2) is 0 Å². The lowest BCUT2D eigenvalue weighted by Crippen LogP contribution is -2.27. The molecule has 2 nitrogen and oxygen atoms in total. The second kappa shape index (κ2) is 4.23. The third kappa shape index (κ3) is 2.72. The van der Waals surface area contributed by atoms with Gasteiger partial charge in [-0.1, -0.05) is 23.7 Å². The van der Waals surface area contributed by atoms with Gasteiger partial charge in [-0.15, -0.1) is 0 Å². The van der Waals surface area contributed by atoms with E-state index in [-0.39, 0.29) is 17.9 Å². The summed E-state index contributed by atoms with van der Waals surface area (Å²) in [5.74, 6) is 0.425. The molecule has 1 fully saturated rings. The maximum Gasteiger partial charge on any atom is 0.223 e. The van der Waals surface area contributed by atoms with Crippen molar-refractivity contribution in [3.05, 3.63) is 34.9 Å². The van der Waals surface area contributed by atoms with Crippen LogP contribution in [0.25, 0.3) is 0 Å². The largest absolute Gasteiger partial charge is 0.349 e. The first-order valence-corrected chi connectivity index (χ1v) is 5.60. The average Bonchev–Trinajstić information content (AvgIpc) is 3.00. The van der Waals surface area contributed by atoms with Crippen molar-refractivity contribution in [2.24, 2.45) is 5.92 Å². The van der Waals surface area contributed by atoms with Crippen LogP contribution >= 0.6 is 11.6 Å². The fourth-order valence-corrected chi connectivity index (χ4v) is 1.73. The van der Waals surface area contributed by atoms with Crippen molar-refractivity contribution in [1.82, 2.24) is 5.32 Å². The minimum atomic E-state index is 0.0387. The highest BCUT2D eigenvalue weighted by atomic mass is 35.5. The van der Waals surface area contributed by atoms with Gasteiger partial charge in [0.05, 0.1) is 6.04 Å².